The molecule has 4 aliphatic rings. The molecule has 12 heteroatoms. The summed E-state index contributed by atoms with van der Waals surface area (Å²) in [5, 5.41) is 7.46. The van der Waals surface area contributed by atoms with Crippen LogP contribution in [0.2, 0.25) is 0 Å². The highest BCUT2D eigenvalue weighted by molar-refractivity contribution is 8.01. The zero-order valence-corrected chi connectivity index (χ0v) is 24.5. The SMILES string of the molecule is CC(C)(C)C(NC(=O)NC(C(=O)C1CC1)C1CCCC1)C(=O)N1CCC[C@H]1C(=O)NC(SC1CC1)C(=O)C(N)=O. The molecule has 3 saturated carbocycles. The number of rotatable bonds is 12. The number of primary amides is 1. The fraction of sp³-hybridized carbons (Fsp3) is 0.786. The molecule has 5 amide bonds. The molecule has 222 valence electrons. The number of hydrogen-bond donors (Lipinski definition) is 4. The highest BCUT2D eigenvalue weighted by Gasteiger charge is 2.45. The second kappa shape index (κ2) is 12.5. The average Bonchev–Trinajstić information content (AvgIpc) is 3.80. The fourth-order valence-corrected chi connectivity index (χ4v) is 6.89. The Morgan fingerprint density at radius 3 is 2.05 bits per heavy atom. The third kappa shape index (κ3) is 7.55. The van der Waals surface area contributed by atoms with Crippen LogP contribution in [0.4, 0.5) is 4.79 Å². The number of carbonyl (C=O) groups excluding carboxylic acids is 6. The first-order valence-corrected chi connectivity index (χ1v) is 15.5. The molecule has 4 rings (SSSR count). The van der Waals surface area contributed by atoms with Crippen LogP contribution in [0.3, 0.4) is 0 Å². The van der Waals surface area contributed by atoms with E-state index in [-0.39, 0.29) is 22.9 Å². The number of Topliss-reactive ketones (excluding diaryl/α,β-unsaturated/α-hetero) is 2. The minimum absolute atomic E-state index is 0.0122. The van der Waals surface area contributed by atoms with Gasteiger partial charge in [-0.15, -0.1) is 11.8 Å². The summed E-state index contributed by atoms with van der Waals surface area (Å²) in [7, 11) is 0. The quantitative estimate of drug-likeness (QED) is 0.202. The summed E-state index contributed by atoms with van der Waals surface area (Å²) in [6, 6.07) is -2.91. The molecule has 40 heavy (non-hydrogen) atoms. The number of nitrogens with two attached hydrogens (primary N) is 1. The lowest BCUT2D eigenvalue weighted by Crippen LogP contribution is -2.61. The second-order valence-corrected chi connectivity index (χ2v) is 14.2. The summed E-state index contributed by atoms with van der Waals surface area (Å²) >= 11 is 1.21. The fourth-order valence-electron chi connectivity index (χ4n) is 5.68. The molecule has 0 bridgehead atoms. The normalized spacial score (nSPS) is 23.7. The number of carbonyl (C=O) groups is 6. The van der Waals surface area contributed by atoms with Gasteiger partial charge in [-0.1, -0.05) is 33.6 Å². The van der Waals surface area contributed by atoms with Gasteiger partial charge in [0.25, 0.3) is 11.7 Å². The Bertz CT molecular complexity index is 1030. The molecule has 5 N–H and O–H groups in total. The van der Waals surface area contributed by atoms with Gasteiger partial charge in [-0.05, 0) is 62.7 Å². The number of urea groups is 1. The lowest BCUT2D eigenvalue weighted by atomic mass is 9.85. The van der Waals surface area contributed by atoms with Crippen LogP contribution in [0.25, 0.3) is 0 Å². The second-order valence-electron chi connectivity index (χ2n) is 12.8. The van der Waals surface area contributed by atoms with Crippen LogP contribution in [-0.2, 0) is 24.0 Å². The Morgan fingerprint density at radius 1 is 0.850 bits per heavy atom. The maximum atomic E-state index is 13.8. The average molecular weight is 578 g/mol. The molecule has 1 saturated heterocycles. The number of hydrogen-bond acceptors (Lipinski definition) is 7. The summed E-state index contributed by atoms with van der Waals surface area (Å²) in [5.41, 5.74) is 4.51. The van der Waals surface area contributed by atoms with Crippen molar-refractivity contribution in [1.29, 1.82) is 0 Å². The zero-order valence-electron chi connectivity index (χ0n) is 23.7. The maximum Gasteiger partial charge on any atom is 0.316 e. The highest BCUT2D eigenvalue weighted by atomic mass is 32.2. The van der Waals surface area contributed by atoms with Gasteiger partial charge in [-0.25, -0.2) is 4.79 Å². The molecule has 3 unspecified atom stereocenters. The maximum absolute atomic E-state index is 13.8. The Balaban J connectivity index is 1.43. The van der Waals surface area contributed by atoms with E-state index >= 15 is 0 Å². The summed E-state index contributed by atoms with van der Waals surface area (Å²) < 4.78 is 0. The van der Waals surface area contributed by atoms with Crippen molar-refractivity contribution in [2.24, 2.45) is 23.0 Å². The molecule has 1 aliphatic heterocycles. The Labute approximate surface area is 239 Å². The van der Waals surface area contributed by atoms with Gasteiger partial charge in [0.15, 0.2) is 5.78 Å². The third-order valence-electron chi connectivity index (χ3n) is 8.28. The van der Waals surface area contributed by atoms with Gasteiger partial charge >= 0.3 is 6.03 Å². The van der Waals surface area contributed by atoms with Crippen LogP contribution >= 0.6 is 11.8 Å². The molecule has 0 aromatic carbocycles. The van der Waals surface area contributed by atoms with Crippen molar-refractivity contribution in [3.63, 3.8) is 0 Å². The van der Waals surface area contributed by atoms with E-state index in [1.165, 1.54) is 16.7 Å². The number of nitrogens with one attached hydrogen (secondary N) is 3. The van der Waals surface area contributed by atoms with Gasteiger partial charge in [0.2, 0.25) is 11.8 Å². The van der Waals surface area contributed by atoms with Crippen LogP contribution in [0.5, 0.6) is 0 Å². The Hall–Kier alpha value is -2.63. The van der Waals surface area contributed by atoms with Crippen LogP contribution in [-0.4, -0.2) is 75.5 Å². The number of amides is 5. The van der Waals surface area contributed by atoms with Crippen molar-refractivity contribution in [2.75, 3.05) is 6.54 Å². The molecule has 0 aromatic rings. The van der Waals surface area contributed by atoms with Crippen molar-refractivity contribution in [3.8, 4) is 0 Å². The molecule has 0 radical (unpaired) electrons. The van der Waals surface area contributed by atoms with Gasteiger partial charge in [0, 0.05) is 17.7 Å². The van der Waals surface area contributed by atoms with Crippen LogP contribution in [0.15, 0.2) is 0 Å². The van der Waals surface area contributed by atoms with Crippen molar-refractivity contribution < 1.29 is 28.8 Å². The van der Waals surface area contributed by atoms with E-state index in [0.717, 1.165) is 51.4 Å². The van der Waals surface area contributed by atoms with Crippen molar-refractivity contribution in [3.05, 3.63) is 0 Å². The summed E-state index contributed by atoms with van der Waals surface area (Å²) in [6.45, 7) is 5.82. The monoisotopic (exact) mass is 577 g/mol. The van der Waals surface area contributed by atoms with Gasteiger partial charge in [-0.3, -0.25) is 24.0 Å². The number of ketones is 2. The lowest BCUT2D eigenvalue weighted by molar-refractivity contribution is -0.142. The first-order chi connectivity index (χ1) is 18.9. The van der Waals surface area contributed by atoms with Gasteiger partial charge in [-0.2, -0.15) is 0 Å². The lowest BCUT2D eigenvalue weighted by Gasteiger charge is -2.36. The number of nitrogens with zero attached hydrogens (tertiary/aromatic N) is 1. The van der Waals surface area contributed by atoms with Crippen LogP contribution in [0, 0.1) is 17.3 Å². The summed E-state index contributed by atoms with van der Waals surface area (Å²) in [4.78, 5) is 78.7. The molecular formula is C28H43N5O6S. The molecule has 0 spiro atoms. The largest absolute Gasteiger partial charge is 0.363 e. The van der Waals surface area contributed by atoms with Crippen molar-refractivity contribution >= 4 is 47.1 Å². The molecule has 4 atom stereocenters. The van der Waals surface area contributed by atoms with Gasteiger partial charge in [0.05, 0.1) is 6.04 Å². The first kappa shape index (κ1) is 30.3. The van der Waals surface area contributed by atoms with E-state index in [9.17, 15) is 28.8 Å². The molecule has 11 nitrogen and oxygen atoms in total. The van der Waals surface area contributed by atoms with Crippen LogP contribution < -0.4 is 21.7 Å². The standard InChI is InChI=1S/C28H43N5O6S/c1-28(2,3)22(31-27(39)30-19(15-7-4-5-8-15)20(34)16-10-11-16)26(38)33-14-6-9-18(33)24(37)32-25(21(35)23(29)36)40-17-12-13-17/h15-19,22,25H,4-14H2,1-3H3,(H2,29,36)(H,32,37)(H2,30,31,39)/t18-,19?,22?,25?/m0/s1. The van der Waals surface area contributed by atoms with E-state index in [1.807, 2.05) is 20.8 Å². The first-order valence-electron chi connectivity index (χ1n) is 14.6. The van der Waals surface area contributed by atoms with E-state index in [4.69, 9.17) is 5.73 Å². The molecule has 0 aromatic heterocycles. The van der Waals surface area contributed by atoms with Crippen LogP contribution in [0.1, 0.15) is 85.0 Å². The smallest absolute Gasteiger partial charge is 0.316 e. The van der Waals surface area contributed by atoms with E-state index in [1.54, 1.807) is 0 Å². The van der Waals surface area contributed by atoms with E-state index < -0.39 is 58.5 Å². The van der Waals surface area contributed by atoms with Crippen molar-refractivity contribution in [1.82, 2.24) is 20.9 Å². The number of likely N-dealkylation sites (tertiary alicyclic amines) is 1. The predicted octanol–water partition coefficient (Wildman–Crippen LogP) is 1.62. The van der Waals surface area contributed by atoms with Gasteiger partial charge < -0.3 is 26.6 Å². The Kier molecular flexibility index (Phi) is 9.47. The molecular weight excluding hydrogens is 534 g/mol. The predicted molar refractivity (Wildman–Crippen MR) is 150 cm³/mol. The summed E-state index contributed by atoms with van der Waals surface area (Å²) in [5.74, 6) is -2.70. The van der Waals surface area contributed by atoms with Crippen molar-refractivity contribution in [2.45, 2.75) is 114 Å². The third-order valence-corrected chi connectivity index (χ3v) is 9.74. The van der Waals surface area contributed by atoms with Gasteiger partial charge in [0.1, 0.15) is 17.5 Å². The topological polar surface area (TPSA) is 168 Å². The summed E-state index contributed by atoms with van der Waals surface area (Å²) in [6.07, 6.45) is 8.35. The molecule has 1 heterocycles. The van der Waals surface area contributed by atoms with E-state index in [2.05, 4.69) is 16.0 Å². The van der Waals surface area contributed by atoms with E-state index in [0.29, 0.717) is 19.4 Å². The molecule has 3 aliphatic carbocycles. The minimum atomic E-state index is -1.11. The Morgan fingerprint density at radius 2 is 1.50 bits per heavy atom. The number of thioether (sulfide) groups is 1. The minimum Gasteiger partial charge on any atom is -0.363 e. The highest BCUT2D eigenvalue weighted by Crippen LogP contribution is 2.37. The zero-order chi connectivity index (χ0) is 29.2. The molecule has 4 fully saturated rings.